The van der Waals surface area contributed by atoms with Gasteiger partial charge in [0.25, 0.3) is 5.91 Å². The molecule has 0 atom stereocenters. The number of rotatable bonds is 11. The topological polar surface area (TPSA) is 70.8 Å². The van der Waals surface area contributed by atoms with Crippen molar-refractivity contribution in [1.82, 2.24) is 4.90 Å². The van der Waals surface area contributed by atoms with Gasteiger partial charge in [-0.05, 0) is 25.0 Å². The minimum absolute atomic E-state index is 0.0416. The summed E-state index contributed by atoms with van der Waals surface area (Å²) in [5.74, 6) is -0.104. The molecule has 0 radical (unpaired) electrons. The maximum absolute atomic E-state index is 12.4. The summed E-state index contributed by atoms with van der Waals surface area (Å²) in [7, 11) is 0. The lowest BCUT2D eigenvalue weighted by Gasteiger charge is -2.13. The van der Waals surface area contributed by atoms with Crippen molar-refractivity contribution in [2.75, 3.05) is 6.54 Å². The van der Waals surface area contributed by atoms with E-state index in [0.717, 1.165) is 44.9 Å². The van der Waals surface area contributed by atoms with Crippen molar-refractivity contribution in [3.63, 3.8) is 0 Å². The van der Waals surface area contributed by atoms with Crippen LogP contribution >= 0.6 is 24.0 Å². The predicted molar refractivity (Wildman–Crippen MR) is 103 cm³/mol. The van der Waals surface area contributed by atoms with Crippen molar-refractivity contribution < 1.29 is 19.1 Å². The van der Waals surface area contributed by atoms with Gasteiger partial charge in [-0.25, -0.2) is 0 Å². The summed E-state index contributed by atoms with van der Waals surface area (Å²) in [6.07, 6.45) is 10.6. The Labute approximate surface area is 157 Å². The molecule has 0 aromatic carbocycles. The lowest BCUT2D eigenvalue weighted by molar-refractivity contribution is -0.137. The average Bonchev–Trinajstić information content (AvgIpc) is 3.16. The Bertz CT molecular complexity index is 625. The highest BCUT2D eigenvalue weighted by molar-refractivity contribution is 8.26. The molecule has 1 aliphatic rings. The normalized spacial score (nSPS) is 16.2. The van der Waals surface area contributed by atoms with Crippen molar-refractivity contribution in [3.05, 3.63) is 29.1 Å². The van der Waals surface area contributed by atoms with Crippen molar-refractivity contribution >= 4 is 46.3 Å². The van der Waals surface area contributed by atoms with Gasteiger partial charge in [0.1, 0.15) is 10.1 Å². The summed E-state index contributed by atoms with van der Waals surface area (Å²) in [4.78, 5) is 25.1. The molecule has 1 aromatic rings. The third-order valence-electron chi connectivity index (χ3n) is 3.96. The molecule has 25 heavy (non-hydrogen) atoms. The lowest BCUT2D eigenvalue weighted by Crippen LogP contribution is -2.28. The predicted octanol–water partition coefficient (Wildman–Crippen LogP) is 4.69. The number of hydrogen-bond acceptors (Lipinski definition) is 5. The van der Waals surface area contributed by atoms with Crippen molar-refractivity contribution in [2.45, 2.75) is 51.4 Å². The van der Waals surface area contributed by atoms with E-state index in [0.29, 0.717) is 21.5 Å². The zero-order valence-electron chi connectivity index (χ0n) is 14.1. The van der Waals surface area contributed by atoms with Gasteiger partial charge < -0.3 is 9.52 Å². The molecule has 1 saturated heterocycles. The number of unbranched alkanes of at least 4 members (excludes halogenated alkanes) is 6. The van der Waals surface area contributed by atoms with Gasteiger partial charge in [0, 0.05) is 19.0 Å². The maximum Gasteiger partial charge on any atom is 0.303 e. The standard InChI is InChI=1S/C18H23NO4S2/c20-16(21)10-6-4-2-1-3-5-7-11-19-17(22)15(25-18(19)24)13-14-9-8-12-23-14/h8-9,12-13H,1-7,10-11H2,(H,20,21)/b15-13-. The van der Waals surface area contributed by atoms with Gasteiger partial charge in [-0.3, -0.25) is 14.5 Å². The zero-order chi connectivity index (χ0) is 18.1. The fourth-order valence-corrected chi connectivity index (χ4v) is 3.91. The summed E-state index contributed by atoms with van der Waals surface area (Å²) in [6, 6.07) is 3.59. The van der Waals surface area contributed by atoms with E-state index in [1.165, 1.54) is 11.8 Å². The summed E-state index contributed by atoms with van der Waals surface area (Å²) >= 11 is 6.63. The summed E-state index contributed by atoms with van der Waals surface area (Å²) in [5, 5.41) is 8.57. The highest BCUT2D eigenvalue weighted by Crippen LogP contribution is 2.32. The molecule has 0 saturated carbocycles. The molecule has 1 N–H and O–H groups in total. The van der Waals surface area contributed by atoms with Crippen LogP contribution in [0.1, 0.15) is 57.1 Å². The molecule has 1 aliphatic heterocycles. The van der Waals surface area contributed by atoms with Gasteiger partial charge in [-0.2, -0.15) is 0 Å². The minimum Gasteiger partial charge on any atom is -0.481 e. The van der Waals surface area contributed by atoms with Crippen LogP contribution in [-0.2, 0) is 9.59 Å². The van der Waals surface area contributed by atoms with Gasteiger partial charge >= 0.3 is 5.97 Å². The molecular formula is C18H23NO4S2. The number of hydrogen-bond donors (Lipinski definition) is 1. The summed E-state index contributed by atoms with van der Waals surface area (Å²) in [5.41, 5.74) is 0. The molecule has 5 nitrogen and oxygen atoms in total. The molecule has 0 spiro atoms. The Morgan fingerprint density at radius 1 is 1.20 bits per heavy atom. The fourth-order valence-electron chi connectivity index (χ4n) is 2.63. The van der Waals surface area contributed by atoms with E-state index in [9.17, 15) is 9.59 Å². The number of nitrogens with zero attached hydrogens (tertiary/aromatic N) is 1. The molecule has 0 aliphatic carbocycles. The Balaban J connectivity index is 1.62. The van der Waals surface area contributed by atoms with E-state index < -0.39 is 5.97 Å². The second kappa shape index (κ2) is 10.4. The second-order valence-corrected chi connectivity index (χ2v) is 7.64. The van der Waals surface area contributed by atoms with Crippen LogP contribution in [0.5, 0.6) is 0 Å². The third kappa shape index (κ3) is 6.66. The van der Waals surface area contributed by atoms with Crippen LogP contribution in [0.15, 0.2) is 27.7 Å². The average molecular weight is 382 g/mol. The molecule has 1 amide bonds. The number of carboxylic acids is 1. The number of thioether (sulfide) groups is 1. The van der Waals surface area contributed by atoms with Gasteiger partial charge in [0.15, 0.2) is 0 Å². The highest BCUT2D eigenvalue weighted by Gasteiger charge is 2.31. The molecule has 2 heterocycles. The number of furan rings is 1. The number of amides is 1. The van der Waals surface area contributed by atoms with Crippen LogP contribution in [0.3, 0.4) is 0 Å². The Kier molecular flexibility index (Phi) is 8.21. The number of carboxylic acid groups (broad SMARTS) is 1. The number of carbonyl (C=O) groups excluding carboxylic acids is 1. The smallest absolute Gasteiger partial charge is 0.303 e. The first-order chi connectivity index (χ1) is 12.1. The first-order valence-corrected chi connectivity index (χ1v) is 9.81. The first-order valence-electron chi connectivity index (χ1n) is 8.58. The van der Waals surface area contributed by atoms with E-state index in [-0.39, 0.29) is 12.3 Å². The SMILES string of the molecule is O=C(O)CCCCCCCCCN1C(=O)/C(=C/c2ccco2)SC1=S. The molecule has 136 valence electrons. The van der Waals surface area contributed by atoms with Gasteiger partial charge in [0.2, 0.25) is 0 Å². The van der Waals surface area contributed by atoms with Crippen LogP contribution < -0.4 is 0 Å². The Morgan fingerprint density at radius 2 is 1.88 bits per heavy atom. The Hall–Kier alpha value is -1.60. The molecule has 2 rings (SSSR count). The molecule has 1 aromatic heterocycles. The van der Waals surface area contributed by atoms with E-state index in [1.807, 2.05) is 6.07 Å². The number of carbonyl (C=O) groups is 2. The highest BCUT2D eigenvalue weighted by atomic mass is 32.2. The van der Waals surface area contributed by atoms with E-state index in [1.54, 1.807) is 23.3 Å². The third-order valence-corrected chi connectivity index (χ3v) is 5.34. The molecule has 1 fully saturated rings. The van der Waals surface area contributed by atoms with Crippen LogP contribution in [0.4, 0.5) is 0 Å². The molecule has 7 heteroatoms. The van der Waals surface area contributed by atoms with Crippen LogP contribution in [0, 0.1) is 0 Å². The summed E-state index contributed by atoms with van der Waals surface area (Å²) < 4.78 is 5.85. The van der Waals surface area contributed by atoms with Crippen LogP contribution in [-0.4, -0.2) is 32.7 Å². The van der Waals surface area contributed by atoms with E-state index >= 15 is 0 Å². The van der Waals surface area contributed by atoms with Crippen molar-refractivity contribution in [2.24, 2.45) is 0 Å². The van der Waals surface area contributed by atoms with Crippen LogP contribution in [0.25, 0.3) is 6.08 Å². The second-order valence-electron chi connectivity index (χ2n) is 5.97. The van der Waals surface area contributed by atoms with Crippen molar-refractivity contribution in [3.8, 4) is 0 Å². The quantitative estimate of drug-likeness (QED) is 0.341. The van der Waals surface area contributed by atoms with Gasteiger partial charge in [-0.15, -0.1) is 0 Å². The van der Waals surface area contributed by atoms with E-state index in [2.05, 4.69) is 0 Å². The zero-order valence-corrected chi connectivity index (χ0v) is 15.7. The molecule has 0 unspecified atom stereocenters. The first kappa shape index (κ1) is 19.7. The monoisotopic (exact) mass is 381 g/mol. The lowest BCUT2D eigenvalue weighted by atomic mass is 10.1. The van der Waals surface area contributed by atoms with Gasteiger partial charge in [-0.1, -0.05) is 56.1 Å². The van der Waals surface area contributed by atoms with E-state index in [4.69, 9.17) is 21.7 Å². The minimum atomic E-state index is -0.718. The Morgan fingerprint density at radius 3 is 2.52 bits per heavy atom. The number of aliphatic carboxylic acids is 1. The van der Waals surface area contributed by atoms with Crippen molar-refractivity contribution in [1.29, 1.82) is 0 Å². The maximum atomic E-state index is 12.4. The van der Waals surface area contributed by atoms with Gasteiger partial charge in [0.05, 0.1) is 11.2 Å². The van der Waals surface area contributed by atoms with Crippen LogP contribution in [0.2, 0.25) is 0 Å². The summed E-state index contributed by atoms with van der Waals surface area (Å²) in [6.45, 7) is 0.652. The molecule has 0 bridgehead atoms. The number of thiocarbonyl (C=S) groups is 1. The molecular weight excluding hydrogens is 358 g/mol. The largest absolute Gasteiger partial charge is 0.481 e. The fraction of sp³-hybridized carbons (Fsp3) is 0.500.